The van der Waals surface area contributed by atoms with E-state index in [1.54, 1.807) is 7.11 Å². The highest BCUT2D eigenvalue weighted by Gasteiger charge is 2.06. The predicted octanol–water partition coefficient (Wildman–Crippen LogP) is 3.62. The number of methoxy groups -OCH3 is 1. The summed E-state index contributed by atoms with van der Waals surface area (Å²) in [5, 5.41) is 12.8. The minimum atomic E-state index is 0.289. The van der Waals surface area contributed by atoms with Crippen LogP contribution in [0.25, 0.3) is 0 Å². The molecule has 0 saturated heterocycles. The van der Waals surface area contributed by atoms with Crippen molar-refractivity contribution in [3.05, 3.63) is 22.7 Å². The summed E-state index contributed by atoms with van der Waals surface area (Å²) in [5.74, 6) is 0.779. The highest BCUT2D eigenvalue weighted by atomic mass is 35.5. The first-order chi connectivity index (χ1) is 8.69. The number of rotatable bonds is 8. The fourth-order valence-corrected chi connectivity index (χ4v) is 1.94. The molecule has 0 saturated carbocycles. The quantitative estimate of drug-likeness (QED) is 0.710. The van der Waals surface area contributed by atoms with Crippen LogP contribution in [0.3, 0.4) is 0 Å². The molecule has 1 rings (SSSR count). The maximum absolute atomic E-state index is 8.68. The number of nitrogens with one attached hydrogen (secondary N) is 1. The van der Waals surface area contributed by atoms with Gasteiger partial charge in [0, 0.05) is 24.2 Å². The molecule has 0 amide bonds. The minimum Gasteiger partial charge on any atom is -0.495 e. The van der Waals surface area contributed by atoms with Crippen LogP contribution in [0.15, 0.2) is 12.1 Å². The van der Waals surface area contributed by atoms with Gasteiger partial charge in [-0.2, -0.15) is 0 Å². The van der Waals surface area contributed by atoms with E-state index in [0.29, 0.717) is 0 Å². The lowest BCUT2D eigenvalue weighted by Crippen LogP contribution is -2.04. The van der Waals surface area contributed by atoms with Crippen molar-refractivity contribution >= 4 is 17.3 Å². The van der Waals surface area contributed by atoms with E-state index in [-0.39, 0.29) is 6.61 Å². The molecule has 0 aromatic heterocycles. The molecule has 0 fully saturated rings. The lowest BCUT2D eigenvalue weighted by atomic mass is 10.1. The van der Waals surface area contributed by atoms with Crippen molar-refractivity contribution in [2.45, 2.75) is 32.6 Å². The number of hydrogen-bond acceptors (Lipinski definition) is 3. The topological polar surface area (TPSA) is 41.5 Å². The number of ether oxygens (including phenoxy) is 1. The van der Waals surface area contributed by atoms with Crippen LogP contribution in [-0.2, 0) is 0 Å². The maximum Gasteiger partial charge on any atom is 0.143 e. The van der Waals surface area contributed by atoms with Gasteiger partial charge in [0.2, 0.25) is 0 Å². The zero-order valence-electron chi connectivity index (χ0n) is 11.1. The number of aryl methyl sites for hydroxylation is 1. The van der Waals surface area contributed by atoms with Crippen molar-refractivity contribution in [3.8, 4) is 5.75 Å². The Labute approximate surface area is 114 Å². The van der Waals surface area contributed by atoms with E-state index in [4.69, 9.17) is 21.4 Å². The van der Waals surface area contributed by atoms with E-state index in [2.05, 4.69) is 5.32 Å². The van der Waals surface area contributed by atoms with E-state index in [1.165, 1.54) is 0 Å². The van der Waals surface area contributed by atoms with Gasteiger partial charge in [-0.1, -0.05) is 24.4 Å². The fraction of sp³-hybridized carbons (Fsp3) is 0.571. The van der Waals surface area contributed by atoms with E-state index in [1.807, 2.05) is 19.1 Å². The zero-order valence-corrected chi connectivity index (χ0v) is 11.9. The average molecular weight is 272 g/mol. The predicted molar refractivity (Wildman–Crippen MR) is 76.8 cm³/mol. The molecule has 18 heavy (non-hydrogen) atoms. The van der Waals surface area contributed by atoms with Crippen LogP contribution >= 0.6 is 11.6 Å². The maximum atomic E-state index is 8.68. The van der Waals surface area contributed by atoms with Crippen molar-refractivity contribution in [1.29, 1.82) is 0 Å². The molecule has 0 radical (unpaired) electrons. The van der Waals surface area contributed by atoms with Gasteiger partial charge >= 0.3 is 0 Å². The molecule has 0 bridgehead atoms. The molecular weight excluding hydrogens is 250 g/mol. The molecule has 0 unspecified atom stereocenters. The number of hydrogen-bond donors (Lipinski definition) is 2. The Kier molecular flexibility index (Phi) is 6.91. The Morgan fingerprint density at radius 3 is 2.61 bits per heavy atom. The van der Waals surface area contributed by atoms with Crippen molar-refractivity contribution in [2.24, 2.45) is 0 Å². The number of aliphatic hydroxyl groups is 1. The summed E-state index contributed by atoms with van der Waals surface area (Å²) in [4.78, 5) is 0. The Bertz CT molecular complexity index is 369. The molecule has 102 valence electrons. The number of unbranched alkanes of at least 4 members (excludes halogenated alkanes) is 3. The molecule has 4 heteroatoms. The molecule has 0 atom stereocenters. The summed E-state index contributed by atoms with van der Waals surface area (Å²) in [6.45, 7) is 3.18. The zero-order chi connectivity index (χ0) is 13.4. The summed E-state index contributed by atoms with van der Waals surface area (Å²) in [6.07, 6.45) is 4.19. The molecule has 0 aliphatic rings. The fourth-order valence-electron chi connectivity index (χ4n) is 1.78. The van der Waals surface area contributed by atoms with Gasteiger partial charge in [-0.25, -0.2) is 0 Å². The first-order valence-electron chi connectivity index (χ1n) is 6.38. The third kappa shape index (κ3) is 4.75. The van der Waals surface area contributed by atoms with E-state index >= 15 is 0 Å². The number of anilines is 1. The number of halogens is 1. The van der Waals surface area contributed by atoms with Gasteiger partial charge in [-0.05, 0) is 31.4 Å². The van der Waals surface area contributed by atoms with Gasteiger partial charge in [0.25, 0.3) is 0 Å². The summed E-state index contributed by atoms with van der Waals surface area (Å²) < 4.78 is 5.30. The second kappa shape index (κ2) is 8.22. The van der Waals surface area contributed by atoms with Crippen LogP contribution in [0, 0.1) is 6.92 Å². The first kappa shape index (κ1) is 15.1. The second-order valence-corrected chi connectivity index (χ2v) is 4.77. The van der Waals surface area contributed by atoms with Crippen LogP contribution in [0.1, 0.15) is 31.2 Å². The highest BCUT2D eigenvalue weighted by molar-refractivity contribution is 6.31. The van der Waals surface area contributed by atoms with Gasteiger partial charge in [0.1, 0.15) is 5.75 Å². The van der Waals surface area contributed by atoms with Gasteiger partial charge < -0.3 is 15.2 Å². The Morgan fingerprint density at radius 2 is 1.94 bits per heavy atom. The SMILES string of the molecule is COc1cc(Cl)c(C)cc1NCCCCCCO. The molecular formula is C14H22ClNO2. The molecule has 0 heterocycles. The smallest absolute Gasteiger partial charge is 0.143 e. The summed E-state index contributed by atoms with van der Waals surface area (Å²) in [6, 6.07) is 3.85. The molecule has 0 spiro atoms. The Hall–Kier alpha value is -0.930. The summed E-state index contributed by atoms with van der Waals surface area (Å²) in [5.41, 5.74) is 2.03. The minimum absolute atomic E-state index is 0.289. The Balaban J connectivity index is 2.43. The van der Waals surface area contributed by atoms with Crippen LogP contribution in [0.5, 0.6) is 5.75 Å². The number of benzene rings is 1. The van der Waals surface area contributed by atoms with Crippen molar-refractivity contribution in [1.82, 2.24) is 0 Å². The van der Waals surface area contributed by atoms with Crippen molar-refractivity contribution in [3.63, 3.8) is 0 Å². The van der Waals surface area contributed by atoms with Crippen molar-refractivity contribution < 1.29 is 9.84 Å². The first-order valence-corrected chi connectivity index (χ1v) is 6.75. The lowest BCUT2D eigenvalue weighted by Gasteiger charge is -2.13. The van der Waals surface area contributed by atoms with E-state index < -0.39 is 0 Å². The van der Waals surface area contributed by atoms with Crippen LogP contribution in [0.4, 0.5) is 5.69 Å². The standard InChI is InChI=1S/C14H22ClNO2/c1-11-9-13(14(18-2)10-12(11)15)16-7-5-3-4-6-8-17/h9-10,16-17H,3-8H2,1-2H3. The van der Waals surface area contributed by atoms with Crippen molar-refractivity contribution in [2.75, 3.05) is 25.6 Å². The molecule has 1 aromatic rings. The van der Waals surface area contributed by atoms with Gasteiger partial charge in [-0.3, -0.25) is 0 Å². The van der Waals surface area contributed by atoms with Crippen LogP contribution in [0.2, 0.25) is 5.02 Å². The van der Waals surface area contributed by atoms with Crippen LogP contribution < -0.4 is 10.1 Å². The molecule has 2 N–H and O–H groups in total. The van der Waals surface area contributed by atoms with E-state index in [0.717, 1.165) is 54.3 Å². The third-order valence-electron chi connectivity index (χ3n) is 2.88. The molecule has 0 aliphatic carbocycles. The number of aliphatic hydroxyl groups excluding tert-OH is 1. The molecule has 1 aromatic carbocycles. The van der Waals surface area contributed by atoms with Gasteiger partial charge in [-0.15, -0.1) is 0 Å². The van der Waals surface area contributed by atoms with E-state index in [9.17, 15) is 0 Å². The highest BCUT2D eigenvalue weighted by Crippen LogP contribution is 2.30. The largest absolute Gasteiger partial charge is 0.495 e. The monoisotopic (exact) mass is 271 g/mol. The average Bonchev–Trinajstić information content (AvgIpc) is 2.37. The third-order valence-corrected chi connectivity index (χ3v) is 3.29. The second-order valence-electron chi connectivity index (χ2n) is 4.37. The molecule has 3 nitrogen and oxygen atoms in total. The van der Waals surface area contributed by atoms with Gasteiger partial charge in [0.15, 0.2) is 0 Å². The van der Waals surface area contributed by atoms with Gasteiger partial charge in [0.05, 0.1) is 12.8 Å². The van der Waals surface area contributed by atoms with Crippen LogP contribution in [-0.4, -0.2) is 25.4 Å². The summed E-state index contributed by atoms with van der Waals surface area (Å²) >= 11 is 6.05. The molecule has 0 aliphatic heterocycles. The Morgan fingerprint density at radius 1 is 1.22 bits per heavy atom. The lowest BCUT2D eigenvalue weighted by molar-refractivity contribution is 0.283. The summed E-state index contributed by atoms with van der Waals surface area (Å²) in [7, 11) is 1.65. The normalized spacial score (nSPS) is 10.4.